The highest BCUT2D eigenvalue weighted by molar-refractivity contribution is 5.97. The highest BCUT2D eigenvalue weighted by Crippen LogP contribution is 2.17. The summed E-state index contributed by atoms with van der Waals surface area (Å²) in [4.78, 5) is 12.0. The van der Waals surface area contributed by atoms with E-state index in [2.05, 4.69) is 0 Å². The van der Waals surface area contributed by atoms with E-state index in [0.29, 0.717) is 6.61 Å². The van der Waals surface area contributed by atoms with Crippen LogP contribution in [0.25, 0.3) is 0 Å². The number of Topliss-reactive ketones (excluding diaryl/α,β-unsaturated/α-hetero) is 1. The fraction of sp³-hybridized carbons (Fsp3) is 0.278. The third kappa shape index (κ3) is 3.70. The lowest BCUT2D eigenvalue weighted by Crippen LogP contribution is -2.09. The summed E-state index contributed by atoms with van der Waals surface area (Å²) in [6, 6.07) is 17.4. The number of ether oxygens (including phenoxy) is 1. The maximum Gasteiger partial charge on any atom is 0.165 e. The molecule has 0 spiro atoms. The van der Waals surface area contributed by atoms with Crippen LogP contribution in [-0.2, 0) is 6.61 Å². The molecule has 1 atom stereocenters. The Kier molecular flexibility index (Phi) is 4.94. The third-order valence-electron chi connectivity index (χ3n) is 3.45. The lowest BCUT2D eigenvalue weighted by molar-refractivity contribution is 0.0927. The van der Waals surface area contributed by atoms with Crippen molar-refractivity contribution >= 4 is 5.78 Å². The molecule has 0 heterocycles. The quantitative estimate of drug-likeness (QED) is 0.721. The van der Waals surface area contributed by atoms with Crippen molar-refractivity contribution in [3.05, 3.63) is 65.7 Å². The maximum atomic E-state index is 12.0. The number of carbonyl (C=O) groups is 1. The van der Waals surface area contributed by atoms with Crippen LogP contribution in [-0.4, -0.2) is 5.78 Å². The molecule has 0 saturated carbocycles. The SMILES string of the molecule is CCC(C)C(=O)c1ccc(OCc2ccccc2)cc1. The molecule has 0 amide bonds. The molecule has 0 aliphatic rings. The van der Waals surface area contributed by atoms with Crippen LogP contribution in [0.5, 0.6) is 5.75 Å². The Labute approximate surface area is 120 Å². The van der Waals surface area contributed by atoms with Gasteiger partial charge in [0.15, 0.2) is 5.78 Å². The van der Waals surface area contributed by atoms with Crippen LogP contribution in [0.3, 0.4) is 0 Å². The first kappa shape index (κ1) is 14.3. The Hall–Kier alpha value is -2.09. The zero-order chi connectivity index (χ0) is 14.4. The fourth-order valence-electron chi connectivity index (χ4n) is 1.93. The molecular formula is C18H20O2. The average molecular weight is 268 g/mol. The van der Waals surface area contributed by atoms with Gasteiger partial charge < -0.3 is 4.74 Å². The van der Waals surface area contributed by atoms with E-state index >= 15 is 0 Å². The van der Waals surface area contributed by atoms with Crippen molar-refractivity contribution in [1.82, 2.24) is 0 Å². The van der Waals surface area contributed by atoms with Gasteiger partial charge in [0.1, 0.15) is 12.4 Å². The highest BCUT2D eigenvalue weighted by atomic mass is 16.5. The van der Waals surface area contributed by atoms with Crippen molar-refractivity contribution < 1.29 is 9.53 Å². The molecule has 2 aromatic carbocycles. The van der Waals surface area contributed by atoms with Crippen molar-refractivity contribution in [2.24, 2.45) is 5.92 Å². The number of carbonyl (C=O) groups excluding carboxylic acids is 1. The Morgan fingerprint density at radius 3 is 2.30 bits per heavy atom. The van der Waals surface area contributed by atoms with Gasteiger partial charge in [-0.05, 0) is 36.2 Å². The van der Waals surface area contributed by atoms with Gasteiger partial charge in [0.05, 0.1) is 0 Å². The summed E-state index contributed by atoms with van der Waals surface area (Å²) < 4.78 is 5.70. The molecule has 1 unspecified atom stereocenters. The minimum atomic E-state index is 0.0751. The zero-order valence-corrected chi connectivity index (χ0v) is 12.0. The Balaban J connectivity index is 1.96. The first-order chi connectivity index (χ1) is 9.70. The molecule has 0 radical (unpaired) electrons. The van der Waals surface area contributed by atoms with Crippen LogP contribution in [0.4, 0.5) is 0 Å². The largest absolute Gasteiger partial charge is 0.489 e. The summed E-state index contributed by atoms with van der Waals surface area (Å²) in [6.45, 7) is 4.53. The molecular weight excluding hydrogens is 248 g/mol. The van der Waals surface area contributed by atoms with Gasteiger partial charge in [-0.15, -0.1) is 0 Å². The summed E-state index contributed by atoms with van der Waals surface area (Å²) in [7, 11) is 0. The van der Waals surface area contributed by atoms with Crippen LogP contribution in [0.15, 0.2) is 54.6 Å². The van der Waals surface area contributed by atoms with Crippen LogP contribution < -0.4 is 4.74 Å². The molecule has 104 valence electrons. The fourth-order valence-corrected chi connectivity index (χ4v) is 1.93. The van der Waals surface area contributed by atoms with Gasteiger partial charge in [-0.3, -0.25) is 4.79 Å². The second-order valence-electron chi connectivity index (χ2n) is 4.97. The van der Waals surface area contributed by atoms with Crippen LogP contribution >= 0.6 is 0 Å². The number of hydrogen-bond acceptors (Lipinski definition) is 2. The molecule has 0 aromatic heterocycles. The molecule has 0 saturated heterocycles. The second-order valence-corrected chi connectivity index (χ2v) is 4.97. The normalized spacial score (nSPS) is 11.9. The summed E-state index contributed by atoms with van der Waals surface area (Å²) in [5.74, 6) is 1.06. The predicted octanol–water partition coefficient (Wildman–Crippen LogP) is 4.49. The summed E-state index contributed by atoms with van der Waals surface area (Å²) in [5.41, 5.74) is 1.89. The van der Waals surface area contributed by atoms with Gasteiger partial charge in [0, 0.05) is 11.5 Å². The molecule has 0 aliphatic carbocycles. The molecule has 2 rings (SSSR count). The topological polar surface area (TPSA) is 26.3 Å². The van der Waals surface area contributed by atoms with Crippen molar-refractivity contribution in [2.75, 3.05) is 0 Å². The molecule has 2 heteroatoms. The van der Waals surface area contributed by atoms with Crippen molar-refractivity contribution in [1.29, 1.82) is 0 Å². The first-order valence-corrected chi connectivity index (χ1v) is 7.01. The number of hydrogen-bond donors (Lipinski definition) is 0. The molecule has 0 bridgehead atoms. The Morgan fingerprint density at radius 2 is 1.70 bits per heavy atom. The summed E-state index contributed by atoms with van der Waals surface area (Å²) >= 11 is 0. The number of rotatable bonds is 6. The zero-order valence-electron chi connectivity index (χ0n) is 12.0. The number of benzene rings is 2. The van der Waals surface area contributed by atoms with Gasteiger partial charge >= 0.3 is 0 Å². The molecule has 0 N–H and O–H groups in total. The standard InChI is InChI=1S/C18H20O2/c1-3-14(2)18(19)16-9-11-17(12-10-16)20-13-15-7-5-4-6-8-15/h4-12,14H,3,13H2,1-2H3. The smallest absolute Gasteiger partial charge is 0.165 e. The van der Waals surface area contributed by atoms with E-state index < -0.39 is 0 Å². The van der Waals surface area contributed by atoms with E-state index in [1.54, 1.807) is 0 Å². The predicted molar refractivity (Wildman–Crippen MR) is 81.0 cm³/mol. The van der Waals surface area contributed by atoms with Crippen LogP contribution in [0, 0.1) is 5.92 Å². The molecule has 2 nitrogen and oxygen atoms in total. The van der Waals surface area contributed by atoms with Gasteiger partial charge in [0.25, 0.3) is 0 Å². The van der Waals surface area contributed by atoms with Crippen LogP contribution in [0.2, 0.25) is 0 Å². The van der Waals surface area contributed by atoms with Gasteiger partial charge in [-0.1, -0.05) is 44.2 Å². The van der Waals surface area contributed by atoms with E-state index in [9.17, 15) is 4.79 Å². The monoisotopic (exact) mass is 268 g/mol. The average Bonchev–Trinajstić information content (AvgIpc) is 2.53. The Bertz CT molecular complexity index is 543. The van der Waals surface area contributed by atoms with E-state index in [0.717, 1.165) is 23.3 Å². The minimum Gasteiger partial charge on any atom is -0.489 e. The lowest BCUT2D eigenvalue weighted by Gasteiger charge is -2.09. The summed E-state index contributed by atoms with van der Waals surface area (Å²) in [6.07, 6.45) is 0.866. The molecule has 0 aliphatic heterocycles. The van der Waals surface area contributed by atoms with Gasteiger partial charge in [-0.2, -0.15) is 0 Å². The third-order valence-corrected chi connectivity index (χ3v) is 3.45. The van der Waals surface area contributed by atoms with E-state index in [4.69, 9.17) is 4.74 Å². The number of ketones is 1. The van der Waals surface area contributed by atoms with Crippen LogP contribution in [0.1, 0.15) is 36.2 Å². The highest BCUT2D eigenvalue weighted by Gasteiger charge is 2.12. The maximum absolute atomic E-state index is 12.0. The molecule has 2 aromatic rings. The van der Waals surface area contributed by atoms with Gasteiger partial charge in [0.2, 0.25) is 0 Å². The second kappa shape index (κ2) is 6.90. The van der Waals surface area contributed by atoms with Crippen molar-refractivity contribution in [2.45, 2.75) is 26.9 Å². The van der Waals surface area contributed by atoms with E-state index in [-0.39, 0.29) is 11.7 Å². The molecule has 20 heavy (non-hydrogen) atoms. The van der Waals surface area contributed by atoms with E-state index in [1.165, 1.54) is 0 Å². The van der Waals surface area contributed by atoms with E-state index in [1.807, 2.05) is 68.4 Å². The first-order valence-electron chi connectivity index (χ1n) is 7.01. The lowest BCUT2D eigenvalue weighted by atomic mass is 9.97. The summed E-state index contributed by atoms with van der Waals surface area (Å²) in [5, 5.41) is 0. The van der Waals surface area contributed by atoms with Crippen molar-refractivity contribution in [3.8, 4) is 5.75 Å². The molecule has 0 fully saturated rings. The van der Waals surface area contributed by atoms with Gasteiger partial charge in [-0.25, -0.2) is 0 Å². The minimum absolute atomic E-state index is 0.0751. The Morgan fingerprint density at radius 1 is 1.05 bits per heavy atom. The van der Waals surface area contributed by atoms with Crippen molar-refractivity contribution in [3.63, 3.8) is 0 Å².